The van der Waals surface area contributed by atoms with Gasteiger partial charge < -0.3 is 10.1 Å². The van der Waals surface area contributed by atoms with Crippen molar-refractivity contribution in [1.29, 1.82) is 0 Å². The van der Waals surface area contributed by atoms with Gasteiger partial charge in [-0.3, -0.25) is 0 Å². The number of rotatable bonds is 9. The number of nitrogens with one attached hydrogen (secondary N) is 1. The molecular formula is C16H26FNO. The first kappa shape index (κ1) is 16.0. The zero-order valence-corrected chi connectivity index (χ0v) is 12.3. The summed E-state index contributed by atoms with van der Waals surface area (Å²) in [6.07, 6.45) is 4.64. The van der Waals surface area contributed by atoms with E-state index in [4.69, 9.17) is 4.74 Å². The zero-order valence-electron chi connectivity index (χ0n) is 12.3. The van der Waals surface area contributed by atoms with Gasteiger partial charge in [0.25, 0.3) is 0 Å². The highest BCUT2D eigenvalue weighted by Gasteiger charge is 2.15. The Kier molecular flexibility index (Phi) is 7.49. The monoisotopic (exact) mass is 267 g/mol. The van der Waals surface area contributed by atoms with E-state index >= 15 is 0 Å². The molecule has 0 spiro atoms. The Bertz CT molecular complexity index is 368. The second-order valence-corrected chi connectivity index (χ2v) is 4.84. The van der Waals surface area contributed by atoms with Crippen molar-refractivity contribution in [3.05, 3.63) is 29.6 Å². The third-order valence-corrected chi connectivity index (χ3v) is 3.21. The first-order valence-electron chi connectivity index (χ1n) is 7.35. The van der Waals surface area contributed by atoms with Crippen LogP contribution in [0.5, 0.6) is 5.75 Å². The van der Waals surface area contributed by atoms with Crippen LogP contribution < -0.4 is 10.1 Å². The molecule has 1 N–H and O–H groups in total. The first-order chi connectivity index (χ1) is 9.20. The van der Waals surface area contributed by atoms with Gasteiger partial charge >= 0.3 is 0 Å². The number of hydrogen-bond donors (Lipinski definition) is 1. The summed E-state index contributed by atoms with van der Waals surface area (Å²) in [4.78, 5) is 0. The molecule has 108 valence electrons. The van der Waals surface area contributed by atoms with E-state index in [0.29, 0.717) is 17.9 Å². The molecule has 0 bridgehead atoms. The summed E-state index contributed by atoms with van der Waals surface area (Å²) in [5.74, 6) is 0.476. The van der Waals surface area contributed by atoms with E-state index in [0.717, 1.165) is 13.0 Å². The highest BCUT2D eigenvalue weighted by Crippen LogP contribution is 2.28. The van der Waals surface area contributed by atoms with Gasteiger partial charge in [0.15, 0.2) is 0 Å². The maximum absolute atomic E-state index is 13.9. The van der Waals surface area contributed by atoms with Crippen LogP contribution in [0, 0.1) is 5.82 Å². The predicted molar refractivity (Wildman–Crippen MR) is 78.1 cm³/mol. The molecule has 0 aliphatic carbocycles. The lowest BCUT2D eigenvalue weighted by molar-refractivity contribution is 0.296. The second-order valence-electron chi connectivity index (χ2n) is 4.84. The summed E-state index contributed by atoms with van der Waals surface area (Å²) in [5.41, 5.74) is 0.639. The average molecular weight is 267 g/mol. The van der Waals surface area contributed by atoms with Gasteiger partial charge in [0.05, 0.1) is 6.61 Å². The molecule has 1 rings (SSSR count). The molecule has 2 nitrogen and oxygen atoms in total. The topological polar surface area (TPSA) is 21.3 Å². The van der Waals surface area contributed by atoms with E-state index in [1.165, 1.54) is 25.3 Å². The molecule has 3 heteroatoms. The minimum absolute atomic E-state index is 0.0307. The molecule has 0 amide bonds. The molecule has 0 radical (unpaired) electrons. The van der Waals surface area contributed by atoms with Crippen LogP contribution >= 0.6 is 0 Å². The first-order valence-corrected chi connectivity index (χ1v) is 7.35. The molecule has 19 heavy (non-hydrogen) atoms. The summed E-state index contributed by atoms with van der Waals surface area (Å²) in [6.45, 7) is 7.64. The normalized spacial score (nSPS) is 12.4. The molecule has 0 saturated heterocycles. The number of benzene rings is 1. The summed E-state index contributed by atoms with van der Waals surface area (Å²) < 4.78 is 19.7. The lowest BCUT2D eigenvalue weighted by Gasteiger charge is -2.18. The lowest BCUT2D eigenvalue weighted by atomic mass is 10.1. The van der Waals surface area contributed by atoms with Gasteiger partial charge in [0, 0.05) is 11.6 Å². The van der Waals surface area contributed by atoms with E-state index in [1.807, 2.05) is 19.9 Å². The van der Waals surface area contributed by atoms with Crippen molar-refractivity contribution in [3.8, 4) is 5.75 Å². The largest absolute Gasteiger partial charge is 0.493 e. The number of halogens is 1. The van der Waals surface area contributed by atoms with Crippen molar-refractivity contribution in [3.63, 3.8) is 0 Å². The van der Waals surface area contributed by atoms with Gasteiger partial charge in [-0.15, -0.1) is 0 Å². The molecule has 1 aromatic carbocycles. The fourth-order valence-corrected chi connectivity index (χ4v) is 2.18. The maximum atomic E-state index is 13.9. The minimum atomic E-state index is -0.195. The molecule has 1 unspecified atom stereocenters. The van der Waals surface area contributed by atoms with E-state index < -0.39 is 0 Å². The Morgan fingerprint density at radius 2 is 2.00 bits per heavy atom. The van der Waals surface area contributed by atoms with Gasteiger partial charge in [-0.2, -0.15) is 0 Å². The van der Waals surface area contributed by atoms with Crippen LogP contribution in [0.4, 0.5) is 4.39 Å². The summed E-state index contributed by atoms with van der Waals surface area (Å²) in [6, 6.07) is 5.02. The number of hydrogen-bond acceptors (Lipinski definition) is 2. The minimum Gasteiger partial charge on any atom is -0.493 e. The van der Waals surface area contributed by atoms with Gasteiger partial charge in [-0.1, -0.05) is 39.2 Å². The van der Waals surface area contributed by atoms with Crippen molar-refractivity contribution in [1.82, 2.24) is 5.32 Å². The van der Waals surface area contributed by atoms with Crippen molar-refractivity contribution in [2.45, 2.75) is 52.5 Å². The molecular weight excluding hydrogens is 241 g/mol. The smallest absolute Gasteiger partial charge is 0.131 e. The quantitative estimate of drug-likeness (QED) is 0.667. The van der Waals surface area contributed by atoms with Crippen molar-refractivity contribution in [2.75, 3.05) is 13.2 Å². The highest BCUT2D eigenvalue weighted by molar-refractivity contribution is 5.37. The van der Waals surface area contributed by atoms with Gasteiger partial charge in [-0.05, 0) is 32.0 Å². The van der Waals surface area contributed by atoms with E-state index in [1.54, 1.807) is 6.07 Å². The third kappa shape index (κ3) is 5.19. The van der Waals surface area contributed by atoms with E-state index in [-0.39, 0.29) is 11.9 Å². The number of ether oxygens (including phenoxy) is 1. The molecule has 0 saturated carbocycles. The molecule has 0 aliphatic rings. The Morgan fingerprint density at radius 3 is 2.68 bits per heavy atom. The second kappa shape index (κ2) is 8.92. The summed E-state index contributed by atoms with van der Waals surface area (Å²) in [7, 11) is 0. The molecule has 0 heterocycles. The van der Waals surface area contributed by atoms with Crippen molar-refractivity contribution < 1.29 is 9.13 Å². The van der Waals surface area contributed by atoms with Crippen LogP contribution in [0.3, 0.4) is 0 Å². The molecule has 0 aromatic heterocycles. The summed E-state index contributed by atoms with van der Waals surface area (Å²) in [5, 5.41) is 3.23. The Balaban J connectivity index is 2.63. The Labute approximate surface area is 116 Å². The molecule has 1 atom stereocenters. The van der Waals surface area contributed by atoms with Crippen molar-refractivity contribution >= 4 is 0 Å². The van der Waals surface area contributed by atoms with E-state index in [9.17, 15) is 4.39 Å². The molecule has 1 aromatic rings. The Hall–Kier alpha value is -1.09. The predicted octanol–water partition coefficient (Wildman–Crippen LogP) is 4.46. The van der Waals surface area contributed by atoms with Crippen LogP contribution in [-0.2, 0) is 0 Å². The van der Waals surface area contributed by atoms with Gasteiger partial charge in [0.2, 0.25) is 0 Å². The number of unbranched alkanes of at least 4 members (excludes halogenated alkanes) is 3. The Morgan fingerprint density at radius 1 is 1.21 bits per heavy atom. The van der Waals surface area contributed by atoms with Crippen LogP contribution in [0.15, 0.2) is 18.2 Å². The lowest BCUT2D eigenvalue weighted by Crippen LogP contribution is -2.20. The molecule has 0 aliphatic heterocycles. The standard InChI is InChI=1S/C16H26FNO/c1-4-6-7-8-12-19-15-11-9-10-14(17)16(15)13(3)18-5-2/h9-11,13,18H,4-8,12H2,1-3H3. The highest BCUT2D eigenvalue weighted by atomic mass is 19.1. The molecule has 0 fully saturated rings. The fraction of sp³-hybridized carbons (Fsp3) is 0.625. The zero-order chi connectivity index (χ0) is 14.1. The fourth-order valence-electron chi connectivity index (χ4n) is 2.18. The SMILES string of the molecule is CCCCCCOc1cccc(F)c1C(C)NCC. The maximum Gasteiger partial charge on any atom is 0.131 e. The van der Waals surface area contributed by atoms with Gasteiger partial charge in [-0.25, -0.2) is 4.39 Å². The summed E-state index contributed by atoms with van der Waals surface area (Å²) >= 11 is 0. The van der Waals surface area contributed by atoms with Crippen molar-refractivity contribution in [2.24, 2.45) is 0 Å². The van der Waals surface area contributed by atoms with Crippen LogP contribution in [0.1, 0.15) is 58.1 Å². The third-order valence-electron chi connectivity index (χ3n) is 3.21. The van der Waals surface area contributed by atoms with Crippen LogP contribution in [0.2, 0.25) is 0 Å². The van der Waals surface area contributed by atoms with Crippen LogP contribution in [0.25, 0.3) is 0 Å². The van der Waals surface area contributed by atoms with Gasteiger partial charge in [0.1, 0.15) is 11.6 Å². The van der Waals surface area contributed by atoms with Crippen LogP contribution in [-0.4, -0.2) is 13.2 Å². The van der Waals surface area contributed by atoms with E-state index in [2.05, 4.69) is 12.2 Å². The average Bonchev–Trinajstić information content (AvgIpc) is 2.38.